The largest absolute Gasteiger partial charge is 0.328 e. The van der Waals surface area contributed by atoms with Gasteiger partial charge in [-0.1, -0.05) is 6.42 Å². The second-order valence-corrected chi connectivity index (χ2v) is 4.50. The molecule has 0 spiro atoms. The monoisotopic (exact) mass is 184 g/mol. The molecule has 0 aromatic heterocycles. The second-order valence-electron chi connectivity index (χ2n) is 4.50. The zero-order valence-electron chi connectivity index (χ0n) is 9.13. The first-order valence-electron chi connectivity index (χ1n) is 5.70. The van der Waals surface area contributed by atoms with Crippen molar-refractivity contribution in [1.29, 1.82) is 0 Å². The van der Waals surface area contributed by atoms with Crippen molar-refractivity contribution in [2.45, 2.75) is 58.0 Å². The van der Waals surface area contributed by atoms with E-state index in [-0.39, 0.29) is 0 Å². The van der Waals surface area contributed by atoms with E-state index < -0.39 is 0 Å². The molecule has 2 unspecified atom stereocenters. The first-order chi connectivity index (χ1) is 6.20. The van der Waals surface area contributed by atoms with E-state index in [2.05, 4.69) is 18.7 Å². The normalized spacial score (nSPS) is 27.5. The number of nitrogens with two attached hydrogens (primary N) is 1. The quantitative estimate of drug-likeness (QED) is 0.724. The Bertz CT molecular complexity index is 134. The first kappa shape index (κ1) is 11.0. The molecule has 1 fully saturated rings. The third kappa shape index (κ3) is 4.10. The molecule has 0 aromatic carbocycles. The van der Waals surface area contributed by atoms with Gasteiger partial charge < -0.3 is 10.6 Å². The van der Waals surface area contributed by atoms with E-state index in [1.165, 1.54) is 45.2 Å². The minimum atomic E-state index is 0.375. The van der Waals surface area contributed by atoms with Crippen LogP contribution in [0.5, 0.6) is 0 Å². The Morgan fingerprint density at radius 1 is 1.46 bits per heavy atom. The highest BCUT2D eigenvalue weighted by Gasteiger charge is 2.16. The molecule has 0 aromatic rings. The summed E-state index contributed by atoms with van der Waals surface area (Å²) in [7, 11) is 0. The Morgan fingerprint density at radius 2 is 2.23 bits per heavy atom. The van der Waals surface area contributed by atoms with E-state index in [1.54, 1.807) is 0 Å². The van der Waals surface area contributed by atoms with Gasteiger partial charge in [0, 0.05) is 12.1 Å². The number of hydrogen-bond acceptors (Lipinski definition) is 2. The van der Waals surface area contributed by atoms with Crippen molar-refractivity contribution in [3.63, 3.8) is 0 Å². The SMILES string of the molecule is CC(N)CCCN1CCCCC1C. The molecule has 78 valence electrons. The fourth-order valence-corrected chi connectivity index (χ4v) is 2.11. The van der Waals surface area contributed by atoms with Gasteiger partial charge in [0.25, 0.3) is 0 Å². The van der Waals surface area contributed by atoms with Crippen molar-refractivity contribution in [2.24, 2.45) is 5.73 Å². The van der Waals surface area contributed by atoms with Crippen LogP contribution in [0.4, 0.5) is 0 Å². The van der Waals surface area contributed by atoms with Crippen LogP contribution < -0.4 is 5.73 Å². The van der Waals surface area contributed by atoms with Crippen LogP contribution >= 0.6 is 0 Å². The second kappa shape index (κ2) is 5.61. The molecule has 0 aliphatic carbocycles. The number of rotatable bonds is 4. The lowest BCUT2D eigenvalue weighted by Crippen LogP contribution is -2.38. The Morgan fingerprint density at radius 3 is 2.85 bits per heavy atom. The van der Waals surface area contributed by atoms with Crippen molar-refractivity contribution in [2.75, 3.05) is 13.1 Å². The van der Waals surface area contributed by atoms with Crippen LogP contribution in [0.3, 0.4) is 0 Å². The molecule has 0 saturated carbocycles. The molecule has 1 saturated heterocycles. The Labute approximate surface area is 82.5 Å². The topological polar surface area (TPSA) is 29.3 Å². The molecule has 0 amide bonds. The van der Waals surface area contributed by atoms with E-state index in [0.717, 1.165) is 6.04 Å². The zero-order chi connectivity index (χ0) is 9.68. The van der Waals surface area contributed by atoms with E-state index in [0.29, 0.717) is 6.04 Å². The average molecular weight is 184 g/mol. The molecule has 2 N–H and O–H groups in total. The molecule has 1 aliphatic heterocycles. The maximum Gasteiger partial charge on any atom is 0.00669 e. The Kier molecular flexibility index (Phi) is 4.74. The van der Waals surface area contributed by atoms with Gasteiger partial charge in [0.15, 0.2) is 0 Å². The number of likely N-dealkylation sites (tertiary alicyclic amines) is 1. The van der Waals surface area contributed by atoms with E-state index in [9.17, 15) is 0 Å². The summed E-state index contributed by atoms with van der Waals surface area (Å²) in [4.78, 5) is 2.62. The van der Waals surface area contributed by atoms with Crippen LogP contribution in [0.2, 0.25) is 0 Å². The van der Waals surface area contributed by atoms with Crippen molar-refractivity contribution >= 4 is 0 Å². The summed E-state index contributed by atoms with van der Waals surface area (Å²) in [6.45, 7) is 7.01. The van der Waals surface area contributed by atoms with Crippen LogP contribution in [0, 0.1) is 0 Å². The summed E-state index contributed by atoms with van der Waals surface area (Å²) < 4.78 is 0. The van der Waals surface area contributed by atoms with Gasteiger partial charge in [-0.2, -0.15) is 0 Å². The van der Waals surface area contributed by atoms with E-state index >= 15 is 0 Å². The van der Waals surface area contributed by atoms with Crippen LogP contribution in [0.1, 0.15) is 46.0 Å². The minimum Gasteiger partial charge on any atom is -0.328 e. The zero-order valence-corrected chi connectivity index (χ0v) is 9.13. The fourth-order valence-electron chi connectivity index (χ4n) is 2.11. The van der Waals surface area contributed by atoms with Gasteiger partial charge in [-0.25, -0.2) is 0 Å². The number of piperidine rings is 1. The van der Waals surface area contributed by atoms with Crippen LogP contribution in [-0.2, 0) is 0 Å². The lowest BCUT2D eigenvalue weighted by Gasteiger charge is -2.33. The third-order valence-corrected chi connectivity index (χ3v) is 3.05. The summed E-state index contributed by atoms with van der Waals surface area (Å²) in [5, 5.41) is 0. The fraction of sp³-hybridized carbons (Fsp3) is 1.00. The van der Waals surface area contributed by atoms with Crippen molar-refractivity contribution < 1.29 is 0 Å². The molecule has 13 heavy (non-hydrogen) atoms. The van der Waals surface area contributed by atoms with Crippen molar-refractivity contribution in [3.05, 3.63) is 0 Å². The van der Waals surface area contributed by atoms with Crippen molar-refractivity contribution in [3.8, 4) is 0 Å². The summed E-state index contributed by atoms with van der Waals surface area (Å²) in [6, 6.07) is 1.18. The van der Waals surface area contributed by atoms with Gasteiger partial charge in [-0.05, 0) is 52.6 Å². The highest BCUT2D eigenvalue weighted by atomic mass is 15.1. The molecular formula is C11H24N2. The van der Waals surface area contributed by atoms with Gasteiger partial charge in [-0.3, -0.25) is 0 Å². The maximum atomic E-state index is 5.72. The van der Waals surface area contributed by atoms with Gasteiger partial charge in [0.2, 0.25) is 0 Å². The molecular weight excluding hydrogens is 160 g/mol. The van der Waals surface area contributed by atoms with E-state index in [4.69, 9.17) is 5.73 Å². The molecule has 1 rings (SSSR count). The molecule has 1 heterocycles. The maximum absolute atomic E-state index is 5.72. The summed E-state index contributed by atoms with van der Waals surface area (Å²) in [5.74, 6) is 0. The predicted molar refractivity (Wildman–Crippen MR) is 57.8 cm³/mol. The minimum absolute atomic E-state index is 0.375. The number of nitrogens with zero attached hydrogens (tertiary/aromatic N) is 1. The Balaban J connectivity index is 2.11. The lowest BCUT2D eigenvalue weighted by molar-refractivity contribution is 0.157. The summed E-state index contributed by atoms with van der Waals surface area (Å²) in [6.07, 6.45) is 6.64. The molecule has 2 nitrogen and oxygen atoms in total. The highest BCUT2D eigenvalue weighted by molar-refractivity contribution is 4.73. The lowest BCUT2D eigenvalue weighted by atomic mass is 10.0. The first-order valence-corrected chi connectivity index (χ1v) is 5.70. The van der Waals surface area contributed by atoms with Gasteiger partial charge in [-0.15, -0.1) is 0 Å². The summed E-state index contributed by atoms with van der Waals surface area (Å²) >= 11 is 0. The molecule has 2 atom stereocenters. The summed E-state index contributed by atoms with van der Waals surface area (Å²) in [5.41, 5.74) is 5.72. The van der Waals surface area contributed by atoms with Gasteiger partial charge in [0.1, 0.15) is 0 Å². The van der Waals surface area contributed by atoms with E-state index in [1.807, 2.05) is 0 Å². The van der Waals surface area contributed by atoms with Crippen molar-refractivity contribution in [1.82, 2.24) is 4.90 Å². The van der Waals surface area contributed by atoms with Crippen LogP contribution in [0.15, 0.2) is 0 Å². The van der Waals surface area contributed by atoms with Crippen LogP contribution in [-0.4, -0.2) is 30.1 Å². The predicted octanol–water partition coefficient (Wildman–Crippen LogP) is 1.99. The Hall–Kier alpha value is -0.0800. The standard InChI is InChI=1S/C11H24N2/c1-10(12)6-5-9-13-8-4-3-7-11(13)2/h10-11H,3-9,12H2,1-2H3. The highest BCUT2D eigenvalue weighted by Crippen LogP contribution is 2.16. The average Bonchev–Trinajstić information content (AvgIpc) is 2.08. The molecule has 2 heteroatoms. The molecule has 1 aliphatic rings. The number of hydrogen-bond donors (Lipinski definition) is 1. The smallest absolute Gasteiger partial charge is 0.00669 e. The van der Waals surface area contributed by atoms with Gasteiger partial charge in [0.05, 0.1) is 0 Å². The molecule has 0 bridgehead atoms. The molecule has 0 radical (unpaired) electrons. The van der Waals surface area contributed by atoms with Crippen LogP contribution in [0.25, 0.3) is 0 Å². The van der Waals surface area contributed by atoms with Gasteiger partial charge >= 0.3 is 0 Å². The third-order valence-electron chi connectivity index (χ3n) is 3.05.